The zero-order chi connectivity index (χ0) is 31.0. The van der Waals surface area contributed by atoms with E-state index in [9.17, 15) is 18.0 Å². The Morgan fingerprint density at radius 1 is 0.977 bits per heavy atom. The lowest BCUT2D eigenvalue weighted by Crippen LogP contribution is -2.53. The average molecular weight is 628 g/mol. The minimum absolute atomic E-state index is 0.00338. The second kappa shape index (κ2) is 14.6. The van der Waals surface area contributed by atoms with Gasteiger partial charge in [0.25, 0.3) is 10.0 Å². The van der Waals surface area contributed by atoms with E-state index in [0.717, 1.165) is 30.0 Å². The Labute approximate surface area is 258 Å². The Bertz CT molecular complexity index is 1510. The van der Waals surface area contributed by atoms with Crippen molar-refractivity contribution in [2.75, 3.05) is 25.1 Å². The predicted octanol–water partition coefficient (Wildman–Crippen LogP) is 5.42. The number of methoxy groups -OCH3 is 2. The van der Waals surface area contributed by atoms with E-state index in [1.807, 2.05) is 6.92 Å². The number of hydrogen-bond acceptors (Lipinski definition) is 6. The number of ether oxygens (including phenoxy) is 2. The maximum Gasteiger partial charge on any atom is 0.264 e. The first-order chi connectivity index (χ1) is 20.7. The summed E-state index contributed by atoms with van der Waals surface area (Å²) in [6.45, 7) is 1.25. The Morgan fingerprint density at radius 3 is 2.28 bits per heavy atom. The molecule has 11 heteroatoms. The molecular formula is C32H38ClN3O6S. The van der Waals surface area contributed by atoms with Crippen molar-refractivity contribution in [3.63, 3.8) is 0 Å². The monoisotopic (exact) mass is 627 g/mol. The molecule has 1 aliphatic rings. The van der Waals surface area contributed by atoms with E-state index in [-0.39, 0.29) is 34.8 Å². The van der Waals surface area contributed by atoms with Crippen molar-refractivity contribution < 1.29 is 27.5 Å². The Kier molecular flexibility index (Phi) is 10.9. The quantitative estimate of drug-likeness (QED) is 0.271. The smallest absolute Gasteiger partial charge is 0.264 e. The third kappa shape index (κ3) is 7.61. The second-order valence-corrected chi connectivity index (χ2v) is 12.7. The van der Waals surface area contributed by atoms with E-state index in [2.05, 4.69) is 5.32 Å². The Hall–Kier alpha value is -3.76. The van der Waals surface area contributed by atoms with Crippen LogP contribution in [0.4, 0.5) is 5.69 Å². The predicted molar refractivity (Wildman–Crippen MR) is 167 cm³/mol. The summed E-state index contributed by atoms with van der Waals surface area (Å²) in [4.78, 5) is 29.4. The van der Waals surface area contributed by atoms with Crippen LogP contribution in [-0.2, 0) is 26.2 Å². The first-order valence-electron chi connectivity index (χ1n) is 14.3. The van der Waals surface area contributed by atoms with Crippen LogP contribution in [0, 0.1) is 0 Å². The molecule has 230 valence electrons. The van der Waals surface area contributed by atoms with Gasteiger partial charge in [-0.3, -0.25) is 13.9 Å². The molecule has 0 aliphatic heterocycles. The van der Waals surface area contributed by atoms with Gasteiger partial charge in [-0.1, -0.05) is 67.8 Å². The first-order valence-corrected chi connectivity index (χ1v) is 16.1. The third-order valence-corrected chi connectivity index (χ3v) is 9.79. The molecule has 43 heavy (non-hydrogen) atoms. The van der Waals surface area contributed by atoms with E-state index in [1.54, 1.807) is 54.6 Å². The standard InChI is InChI=1S/C32H38ClN3O6S/c1-4-28(32(38)34-24-13-9-10-14-24)35(21-23-12-8-11-17-27(23)33)31(37)22-36(43(39,40)26-15-6-5-7-16-26)29-20-25(41-2)18-19-30(29)42-3/h5-8,11-12,15-20,24,28H,4,9-10,13-14,21-22H2,1-3H3,(H,34,38)/t28-/m0/s1. The summed E-state index contributed by atoms with van der Waals surface area (Å²) >= 11 is 6.49. The summed E-state index contributed by atoms with van der Waals surface area (Å²) in [5, 5.41) is 3.55. The molecular weight excluding hydrogens is 590 g/mol. The Morgan fingerprint density at radius 2 is 1.65 bits per heavy atom. The fourth-order valence-electron chi connectivity index (χ4n) is 5.32. The van der Waals surface area contributed by atoms with Gasteiger partial charge in [-0.2, -0.15) is 0 Å². The van der Waals surface area contributed by atoms with Crippen molar-refractivity contribution in [1.82, 2.24) is 10.2 Å². The Balaban J connectivity index is 1.78. The van der Waals surface area contributed by atoms with Gasteiger partial charge in [0.1, 0.15) is 24.1 Å². The van der Waals surface area contributed by atoms with E-state index in [1.165, 1.54) is 37.3 Å². The van der Waals surface area contributed by atoms with Gasteiger partial charge in [0.05, 0.1) is 24.8 Å². The van der Waals surface area contributed by atoms with E-state index in [4.69, 9.17) is 21.1 Å². The van der Waals surface area contributed by atoms with Crippen LogP contribution in [0.5, 0.6) is 11.5 Å². The lowest BCUT2D eigenvalue weighted by atomic mass is 10.1. The normalized spacial score (nSPS) is 14.1. The van der Waals surface area contributed by atoms with Gasteiger partial charge in [-0.15, -0.1) is 0 Å². The molecule has 0 aromatic heterocycles. The number of rotatable bonds is 13. The lowest BCUT2D eigenvalue weighted by Gasteiger charge is -2.34. The van der Waals surface area contributed by atoms with Crippen LogP contribution in [0.15, 0.2) is 77.7 Å². The van der Waals surface area contributed by atoms with Crippen molar-refractivity contribution in [1.29, 1.82) is 0 Å². The molecule has 1 N–H and O–H groups in total. The van der Waals surface area contributed by atoms with Crippen LogP contribution in [0.1, 0.15) is 44.6 Å². The number of benzene rings is 3. The highest BCUT2D eigenvalue weighted by atomic mass is 35.5. The molecule has 2 amide bonds. The molecule has 0 unspecified atom stereocenters. The first kappa shape index (κ1) is 32.2. The van der Waals surface area contributed by atoms with Crippen LogP contribution in [0.25, 0.3) is 0 Å². The number of nitrogens with one attached hydrogen (secondary N) is 1. The van der Waals surface area contributed by atoms with Gasteiger partial charge in [0, 0.05) is 23.7 Å². The van der Waals surface area contributed by atoms with Crippen LogP contribution in [0.3, 0.4) is 0 Å². The fraction of sp³-hybridized carbons (Fsp3) is 0.375. The van der Waals surface area contributed by atoms with Gasteiger partial charge in [-0.05, 0) is 55.2 Å². The summed E-state index contributed by atoms with van der Waals surface area (Å²) in [6.07, 6.45) is 4.18. The SMILES string of the molecule is CC[C@@H](C(=O)NC1CCCC1)N(Cc1ccccc1Cl)C(=O)CN(c1cc(OC)ccc1OC)S(=O)(=O)c1ccccc1. The molecule has 0 radical (unpaired) electrons. The van der Waals surface area contributed by atoms with Crippen LogP contribution in [0.2, 0.25) is 5.02 Å². The number of nitrogens with zero attached hydrogens (tertiary/aromatic N) is 2. The molecule has 1 fully saturated rings. The number of anilines is 1. The molecule has 1 atom stereocenters. The average Bonchev–Trinajstić information content (AvgIpc) is 3.53. The minimum Gasteiger partial charge on any atom is -0.497 e. The van der Waals surface area contributed by atoms with Crippen molar-refractivity contribution >= 4 is 39.1 Å². The van der Waals surface area contributed by atoms with Gasteiger partial charge in [0.2, 0.25) is 11.8 Å². The molecule has 3 aromatic rings. The van der Waals surface area contributed by atoms with Gasteiger partial charge < -0.3 is 19.7 Å². The third-order valence-electron chi connectivity index (χ3n) is 7.65. The summed E-state index contributed by atoms with van der Waals surface area (Å²) in [7, 11) is -1.38. The molecule has 1 saturated carbocycles. The number of sulfonamides is 1. The molecule has 1 aliphatic carbocycles. The number of halogens is 1. The molecule has 3 aromatic carbocycles. The van der Waals surface area contributed by atoms with Crippen molar-refractivity contribution in [2.45, 2.75) is 62.6 Å². The fourth-order valence-corrected chi connectivity index (χ4v) is 6.95. The van der Waals surface area contributed by atoms with Crippen molar-refractivity contribution in [3.05, 3.63) is 83.4 Å². The van der Waals surface area contributed by atoms with Crippen molar-refractivity contribution in [3.8, 4) is 11.5 Å². The summed E-state index contributed by atoms with van der Waals surface area (Å²) in [6, 6.07) is 18.9. The number of carbonyl (C=O) groups is 2. The highest BCUT2D eigenvalue weighted by molar-refractivity contribution is 7.92. The van der Waals surface area contributed by atoms with Crippen LogP contribution in [-0.4, -0.2) is 58.0 Å². The van der Waals surface area contributed by atoms with E-state index >= 15 is 0 Å². The van der Waals surface area contributed by atoms with Gasteiger partial charge in [-0.25, -0.2) is 8.42 Å². The summed E-state index contributed by atoms with van der Waals surface area (Å²) in [5.74, 6) is -0.229. The summed E-state index contributed by atoms with van der Waals surface area (Å²) in [5.41, 5.74) is 0.765. The molecule has 4 rings (SSSR count). The number of hydrogen-bond donors (Lipinski definition) is 1. The molecule has 0 spiro atoms. The zero-order valence-corrected chi connectivity index (χ0v) is 26.2. The second-order valence-electron chi connectivity index (χ2n) is 10.4. The molecule has 0 heterocycles. The van der Waals surface area contributed by atoms with Crippen molar-refractivity contribution in [2.24, 2.45) is 0 Å². The van der Waals surface area contributed by atoms with Gasteiger partial charge in [0.15, 0.2) is 0 Å². The van der Waals surface area contributed by atoms with Gasteiger partial charge >= 0.3 is 0 Å². The molecule has 0 saturated heterocycles. The zero-order valence-electron chi connectivity index (χ0n) is 24.7. The lowest BCUT2D eigenvalue weighted by molar-refractivity contribution is -0.140. The maximum atomic E-state index is 14.3. The van der Waals surface area contributed by atoms with Crippen LogP contribution >= 0.6 is 11.6 Å². The topological polar surface area (TPSA) is 105 Å². The molecule has 9 nitrogen and oxygen atoms in total. The van der Waals surface area contributed by atoms with Crippen LogP contribution < -0.4 is 19.1 Å². The highest BCUT2D eigenvalue weighted by Gasteiger charge is 2.36. The minimum atomic E-state index is -4.27. The van der Waals surface area contributed by atoms with E-state index < -0.39 is 28.5 Å². The number of amides is 2. The summed E-state index contributed by atoms with van der Waals surface area (Å²) < 4.78 is 40.2. The van der Waals surface area contributed by atoms with E-state index in [0.29, 0.717) is 22.8 Å². The maximum absolute atomic E-state index is 14.3. The number of carbonyl (C=O) groups excluding carboxylic acids is 2. The largest absolute Gasteiger partial charge is 0.497 e. The highest BCUT2D eigenvalue weighted by Crippen LogP contribution is 2.36. The molecule has 0 bridgehead atoms.